The van der Waals surface area contributed by atoms with Crippen LogP contribution in [0.3, 0.4) is 0 Å². The second-order valence-corrected chi connectivity index (χ2v) is 7.80. The van der Waals surface area contributed by atoms with E-state index >= 15 is 0 Å². The number of nitrogens with zero attached hydrogens (tertiary/aromatic N) is 1. The molecule has 1 aromatic rings. The standard InChI is InChI=1S/C16H23N3O5S/c1-11-5-7-12(8-6-11)25(22,23)19-9-3-4-14(19)15(20)18-13(10-17)16(21)24-2/h5-8,13-14H,3-4,9-10,17H2,1-2H3,(H,18,20)/t13-,14-/m0/s1. The Bertz CT molecular complexity index is 733. The van der Waals surface area contributed by atoms with Gasteiger partial charge in [-0.05, 0) is 31.9 Å². The number of hydrogen-bond donors (Lipinski definition) is 2. The number of esters is 1. The van der Waals surface area contributed by atoms with E-state index in [1.54, 1.807) is 12.1 Å². The van der Waals surface area contributed by atoms with E-state index in [4.69, 9.17) is 5.73 Å². The topological polar surface area (TPSA) is 119 Å². The van der Waals surface area contributed by atoms with E-state index in [2.05, 4.69) is 10.1 Å². The molecule has 0 unspecified atom stereocenters. The lowest BCUT2D eigenvalue weighted by Crippen LogP contribution is -2.53. The number of sulfonamides is 1. The summed E-state index contributed by atoms with van der Waals surface area (Å²) in [4.78, 5) is 24.2. The van der Waals surface area contributed by atoms with Gasteiger partial charge in [-0.1, -0.05) is 17.7 Å². The molecule has 25 heavy (non-hydrogen) atoms. The lowest BCUT2D eigenvalue weighted by Gasteiger charge is -2.25. The Balaban J connectivity index is 2.20. The van der Waals surface area contributed by atoms with Gasteiger partial charge in [-0.15, -0.1) is 0 Å². The Morgan fingerprint density at radius 1 is 1.36 bits per heavy atom. The van der Waals surface area contributed by atoms with Gasteiger partial charge in [-0.3, -0.25) is 4.79 Å². The molecular weight excluding hydrogens is 346 g/mol. The summed E-state index contributed by atoms with van der Waals surface area (Å²) in [6.45, 7) is 1.98. The Labute approximate surface area is 147 Å². The van der Waals surface area contributed by atoms with Crippen molar-refractivity contribution in [3.8, 4) is 0 Å². The average Bonchev–Trinajstić information content (AvgIpc) is 3.10. The SMILES string of the molecule is COC(=O)[C@H](CN)NC(=O)[C@@H]1CCCN1S(=O)(=O)c1ccc(C)cc1. The molecule has 2 atom stereocenters. The first-order valence-electron chi connectivity index (χ1n) is 7.98. The summed E-state index contributed by atoms with van der Waals surface area (Å²) in [7, 11) is -2.60. The van der Waals surface area contributed by atoms with Gasteiger partial charge < -0.3 is 15.8 Å². The first kappa shape index (κ1) is 19.4. The van der Waals surface area contributed by atoms with Crippen LogP contribution in [0.4, 0.5) is 0 Å². The number of amides is 1. The molecule has 1 saturated heterocycles. The van der Waals surface area contributed by atoms with Crippen LogP contribution in [0.2, 0.25) is 0 Å². The molecule has 1 aliphatic rings. The van der Waals surface area contributed by atoms with E-state index in [0.29, 0.717) is 12.8 Å². The van der Waals surface area contributed by atoms with Gasteiger partial charge in [0.1, 0.15) is 12.1 Å². The van der Waals surface area contributed by atoms with Crippen LogP contribution in [-0.2, 0) is 24.3 Å². The summed E-state index contributed by atoms with van der Waals surface area (Å²) in [6, 6.07) is 4.59. The van der Waals surface area contributed by atoms with Crippen molar-refractivity contribution >= 4 is 21.9 Å². The minimum atomic E-state index is -3.79. The van der Waals surface area contributed by atoms with Crippen LogP contribution in [0, 0.1) is 6.92 Å². The molecule has 0 saturated carbocycles. The molecule has 0 radical (unpaired) electrons. The van der Waals surface area contributed by atoms with Crippen molar-refractivity contribution in [1.82, 2.24) is 9.62 Å². The van der Waals surface area contributed by atoms with Crippen molar-refractivity contribution < 1.29 is 22.7 Å². The van der Waals surface area contributed by atoms with Gasteiger partial charge in [0.2, 0.25) is 15.9 Å². The first-order chi connectivity index (χ1) is 11.8. The minimum absolute atomic E-state index is 0.129. The van der Waals surface area contributed by atoms with E-state index in [9.17, 15) is 18.0 Å². The fourth-order valence-electron chi connectivity index (χ4n) is 2.76. The number of aryl methyl sites for hydroxylation is 1. The summed E-state index contributed by atoms with van der Waals surface area (Å²) in [5.74, 6) is -1.21. The molecule has 138 valence electrons. The highest BCUT2D eigenvalue weighted by Gasteiger charge is 2.40. The molecular formula is C16H23N3O5S. The van der Waals surface area contributed by atoms with Crippen molar-refractivity contribution in [3.05, 3.63) is 29.8 Å². The quantitative estimate of drug-likeness (QED) is 0.668. The number of nitrogens with one attached hydrogen (secondary N) is 1. The Kier molecular flexibility index (Phi) is 6.15. The van der Waals surface area contributed by atoms with E-state index in [1.165, 1.54) is 23.5 Å². The monoisotopic (exact) mass is 369 g/mol. The number of carbonyl (C=O) groups excluding carboxylic acids is 2. The zero-order valence-corrected chi connectivity index (χ0v) is 15.1. The van der Waals surface area contributed by atoms with Gasteiger partial charge in [-0.2, -0.15) is 4.31 Å². The molecule has 1 heterocycles. The summed E-state index contributed by atoms with van der Waals surface area (Å²) in [6.07, 6.45) is 0.948. The molecule has 8 nitrogen and oxygen atoms in total. The zero-order valence-electron chi connectivity index (χ0n) is 14.3. The van der Waals surface area contributed by atoms with Gasteiger partial charge in [0.05, 0.1) is 12.0 Å². The molecule has 2 rings (SSSR count). The van der Waals surface area contributed by atoms with Crippen LogP contribution >= 0.6 is 0 Å². The van der Waals surface area contributed by atoms with Crippen LogP contribution in [0.1, 0.15) is 18.4 Å². The molecule has 0 aliphatic carbocycles. The Morgan fingerprint density at radius 3 is 2.56 bits per heavy atom. The van der Waals surface area contributed by atoms with Crippen LogP contribution < -0.4 is 11.1 Å². The summed E-state index contributed by atoms with van der Waals surface area (Å²) < 4.78 is 31.4. The lowest BCUT2D eigenvalue weighted by atomic mass is 10.2. The molecule has 3 N–H and O–H groups in total. The second kappa shape index (κ2) is 7.94. The molecule has 1 amide bonds. The third-order valence-corrected chi connectivity index (χ3v) is 6.09. The van der Waals surface area contributed by atoms with E-state index in [1.807, 2.05) is 6.92 Å². The maximum atomic E-state index is 12.8. The fraction of sp³-hybridized carbons (Fsp3) is 0.500. The van der Waals surface area contributed by atoms with Gasteiger partial charge >= 0.3 is 5.97 Å². The van der Waals surface area contributed by atoms with Gasteiger partial charge in [0.15, 0.2) is 0 Å². The highest BCUT2D eigenvalue weighted by Crippen LogP contribution is 2.26. The molecule has 9 heteroatoms. The maximum Gasteiger partial charge on any atom is 0.329 e. The highest BCUT2D eigenvalue weighted by molar-refractivity contribution is 7.89. The first-order valence-corrected chi connectivity index (χ1v) is 9.42. The predicted octanol–water partition coefficient (Wildman–Crippen LogP) is -0.235. The zero-order chi connectivity index (χ0) is 18.6. The smallest absolute Gasteiger partial charge is 0.329 e. The number of carbonyl (C=O) groups is 2. The van der Waals surface area contributed by atoms with Crippen LogP contribution in [0.15, 0.2) is 29.2 Å². The van der Waals surface area contributed by atoms with E-state index in [-0.39, 0.29) is 18.0 Å². The number of methoxy groups -OCH3 is 1. The van der Waals surface area contributed by atoms with E-state index < -0.39 is 34.0 Å². The third kappa shape index (κ3) is 4.17. The number of ether oxygens (including phenoxy) is 1. The number of benzene rings is 1. The maximum absolute atomic E-state index is 12.8. The van der Waals surface area contributed by atoms with Crippen LogP contribution in [-0.4, -0.2) is 56.9 Å². The second-order valence-electron chi connectivity index (χ2n) is 5.91. The van der Waals surface area contributed by atoms with Crippen molar-refractivity contribution in [2.75, 3.05) is 20.2 Å². The molecule has 0 aromatic heterocycles. The van der Waals surface area contributed by atoms with Gasteiger partial charge in [0, 0.05) is 13.1 Å². The highest BCUT2D eigenvalue weighted by atomic mass is 32.2. The third-order valence-electron chi connectivity index (χ3n) is 4.17. The predicted molar refractivity (Wildman–Crippen MR) is 91.1 cm³/mol. The number of rotatable bonds is 6. The lowest BCUT2D eigenvalue weighted by molar-refractivity contribution is -0.145. The summed E-state index contributed by atoms with van der Waals surface area (Å²) in [5, 5.41) is 2.48. The van der Waals surface area contributed by atoms with Crippen molar-refractivity contribution in [3.63, 3.8) is 0 Å². The largest absolute Gasteiger partial charge is 0.467 e. The number of nitrogens with two attached hydrogens (primary N) is 1. The van der Waals surface area contributed by atoms with Crippen molar-refractivity contribution in [2.45, 2.75) is 36.7 Å². The molecule has 1 fully saturated rings. The minimum Gasteiger partial charge on any atom is -0.467 e. The van der Waals surface area contributed by atoms with Crippen LogP contribution in [0.5, 0.6) is 0 Å². The van der Waals surface area contributed by atoms with Crippen molar-refractivity contribution in [1.29, 1.82) is 0 Å². The average molecular weight is 369 g/mol. The van der Waals surface area contributed by atoms with Crippen LogP contribution in [0.25, 0.3) is 0 Å². The molecule has 0 bridgehead atoms. The Morgan fingerprint density at radius 2 is 2.00 bits per heavy atom. The molecule has 1 aliphatic heterocycles. The Hall–Kier alpha value is -1.97. The van der Waals surface area contributed by atoms with E-state index in [0.717, 1.165) is 5.56 Å². The van der Waals surface area contributed by atoms with Crippen molar-refractivity contribution in [2.24, 2.45) is 5.73 Å². The normalized spacial score (nSPS) is 19.4. The molecule has 0 spiro atoms. The van der Waals surface area contributed by atoms with Gasteiger partial charge in [0.25, 0.3) is 0 Å². The summed E-state index contributed by atoms with van der Waals surface area (Å²) >= 11 is 0. The summed E-state index contributed by atoms with van der Waals surface area (Å²) in [5.41, 5.74) is 6.42. The number of hydrogen-bond acceptors (Lipinski definition) is 6. The van der Waals surface area contributed by atoms with Gasteiger partial charge in [-0.25, -0.2) is 13.2 Å². The molecule has 1 aromatic carbocycles. The fourth-order valence-corrected chi connectivity index (χ4v) is 4.42.